The highest BCUT2D eigenvalue weighted by Crippen LogP contribution is 2.17. The van der Waals surface area contributed by atoms with E-state index in [2.05, 4.69) is 12.2 Å². The van der Waals surface area contributed by atoms with Gasteiger partial charge in [0.05, 0.1) is 13.0 Å². The van der Waals surface area contributed by atoms with Gasteiger partial charge < -0.3 is 15.8 Å². The maximum absolute atomic E-state index is 11.9. The molecule has 1 aromatic carbocycles. The zero-order valence-corrected chi connectivity index (χ0v) is 11.1. The predicted molar refractivity (Wildman–Crippen MR) is 72.3 cm³/mol. The van der Waals surface area contributed by atoms with Crippen molar-refractivity contribution >= 4 is 5.91 Å². The number of amides is 1. The molecule has 0 radical (unpaired) electrons. The van der Waals surface area contributed by atoms with Crippen LogP contribution in [0.4, 0.5) is 0 Å². The summed E-state index contributed by atoms with van der Waals surface area (Å²) in [7, 11) is 1.63. The Hall–Kier alpha value is -1.55. The number of hydrogen-bond donors (Lipinski definition) is 2. The number of carbonyl (C=O) groups excluding carboxylic acids is 1. The van der Waals surface area contributed by atoms with Crippen LogP contribution < -0.4 is 15.8 Å². The van der Waals surface area contributed by atoms with Gasteiger partial charge in [0.1, 0.15) is 5.75 Å². The summed E-state index contributed by atoms with van der Waals surface area (Å²) in [5, 5.41) is 2.91. The molecular weight excluding hydrogens is 228 g/mol. The molecule has 100 valence electrons. The van der Waals surface area contributed by atoms with Crippen molar-refractivity contribution in [2.75, 3.05) is 13.7 Å². The van der Waals surface area contributed by atoms with Crippen LogP contribution in [0.2, 0.25) is 0 Å². The van der Waals surface area contributed by atoms with Crippen molar-refractivity contribution in [1.29, 1.82) is 0 Å². The zero-order chi connectivity index (χ0) is 13.4. The summed E-state index contributed by atoms with van der Waals surface area (Å²) in [6.45, 7) is 2.92. The molecule has 4 heteroatoms. The molecule has 18 heavy (non-hydrogen) atoms. The molecule has 0 aliphatic carbocycles. The molecule has 1 atom stereocenters. The molecule has 0 fully saturated rings. The summed E-state index contributed by atoms with van der Waals surface area (Å²) in [4.78, 5) is 11.9. The number of nitrogens with two attached hydrogens (primary N) is 1. The highest BCUT2D eigenvalue weighted by atomic mass is 16.5. The van der Waals surface area contributed by atoms with Crippen LogP contribution in [-0.2, 0) is 11.3 Å². The van der Waals surface area contributed by atoms with Crippen LogP contribution in [0.25, 0.3) is 0 Å². The number of hydrogen-bond acceptors (Lipinski definition) is 3. The average Bonchev–Trinajstić information content (AvgIpc) is 2.42. The van der Waals surface area contributed by atoms with Crippen LogP contribution >= 0.6 is 0 Å². The van der Waals surface area contributed by atoms with Gasteiger partial charge in [-0.25, -0.2) is 0 Å². The molecule has 0 saturated heterocycles. The third-order valence-corrected chi connectivity index (χ3v) is 2.94. The van der Waals surface area contributed by atoms with Crippen molar-refractivity contribution in [2.45, 2.75) is 26.3 Å². The molecule has 0 aliphatic heterocycles. The minimum Gasteiger partial charge on any atom is -0.496 e. The molecule has 0 aromatic heterocycles. The Morgan fingerprint density at radius 1 is 1.44 bits per heavy atom. The summed E-state index contributed by atoms with van der Waals surface area (Å²) < 4.78 is 5.24. The number of para-hydroxylation sites is 1. The fourth-order valence-electron chi connectivity index (χ4n) is 1.88. The topological polar surface area (TPSA) is 64.4 Å². The van der Waals surface area contributed by atoms with Crippen LogP contribution in [0.15, 0.2) is 24.3 Å². The van der Waals surface area contributed by atoms with E-state index in [1.807, 2.05) is 24.3 Å². The third kappa shape index (κ3) is 4.04. The van der Waals surface area contributed by atoms with Gasteiger partial charge in [-0.2, -0.15) is 0 Å². The molecule has 4 nitrogen and oxygen atoms in total. The lowest BCUT2D eigenvalue weighted by Crippen LogP contribution is -2.34. The second-order valence-corrected chi connectivity index (χ2v) is 4.25. The SMILES string of the molecule is CCCC(CN)C(=O)NCc1ccccc1OC. The van der Waals surface area contributed by atoms with Crippen LogP contribution in [0.1, 0.15) is 25.3 Å². The number of carbonyl (C=O) groups is 1. The Morgan fingerprint density at radius 2 is 2.17 bits per heavy atom. The van der Waals surface area contributed by atoms with Crippen molar-refractivity contribution < 1.29 is 9.53 Å². The van der Waals surface area contributed by atoms with Crippen LogP contribution in [-0.4, -0.2) is 19.6 Å². The molecule has 0 heterocycles. The van der Waals surface area contributed by atoms with Gasteiger partial charge in [-0.05, 0) is 12.5 Å². The lowest BCUT2D eigenvalue weighted by atomic mass is 10.0. The van der Waals surface area contributed by atoms with Gasteiger partial charge in [-0.15, -0.1) is 0 Å². The average molecular weight is 250 g/mol. The van der Waals surface area contributed by atoms with Gasteiger partial charge in [0, 0.05) is 18.7 Å². The summed E-state index contributed by atoms with van der Waals surface area (Å²) in [6, 6.07) is 7.66. The van der Waals surface area contributed by atoms with Crippen molar-refractivity contribution in [2.24, 2.45) is 11.7 Å². The van der Waals surface area contributed by atoms with Gasteiger partial charge >= 0.3 is 0 Å². The molecular formula is C14H22N2O2. The Balaban J connectivity index is 2.56. The smallest absolute Gasteiger partial charge is 0.224 e. The molecule has 0 spiro atoms. The molecule has 1 amide bonds. The fraction of sp³-hybridized carbons (Fsp3) is 0.500. The highest BCUT2D eigenvalue weighted by Gasteiger charge is 2.15. The lowest BCUT2D eigenvalue weighted by Gasteiger charge is -2.15. The first-order valence-electron chi connectivity index (χ1n) is 6.32. The Bertz CT molecular complexity index is 380. The summed E-state index contributed by atoms with van der Waals surface area (Å²) in [6.07, 6.45) is 1.79. The zero-order valence-electron chi connectivity index (χ0n) is 11.1. The first-order valence-corrected chi connectivity index (χ1v) is 6.32. The number of ether oxygens (including phenoxy) is 1. The minimum atomic E-state index is -0.0929. The third-order valence-electron chi connectivity index (χ3n) is 2.94. The van der Waals surface area contributed by atoms with E-state index in [1.54, 1.807) is 7.11 Å². The van der Waals surface area contributed by atoms with Gasteiger partial charge in [-0.1, -0.05) is 31.5 Å². The lowest BCUT2D eigenvalue weighted by molar-refractivity contribution is -0.125. The molecule has 3 N–H and O–H groups in total. The predicted octanol–water partition coefficient (Wildman–Crippen LogP) is 1.69. The van der Waals surface area contributed by atoms with Gasteiger partial charge in [0.25, 0.3) is 0 Å². The molecule has 0 saturated carbocycles. The monoisotopic (exact) mass is 250 g/mol. The van der Waals surface area contributed by atoms with E-state index >= 15 is 0 Å². The van der Waals surface area contributed by atoms with E-state index in [9.17, 15) is 4.79 Å². The second-order valence-electron chi connectivity index (χ2n) is 4.25. The largest absolute Gasteiger partial charge is 0.496 e. The molecule has 1 aromatic rings. The normalized spacial score (nSPS) is 11.9. The maximum atomic E-state index is 11.9. The van der Waals surface area contributed by atoms with Crippen LogP contribution in [0.5, 0.6) is 5.75 Å². The van der Waals surface area contributed by atoms with Crippen LogP contribution in [0, 0.1) is 5.92 Å². The molecule has 0 aliphatic rings. The van der Waals surface area contributed by atoms with E-state index < -0.39 is 0 Å². The van der Waals surface area contributed by atoms with Crippen molar-refractivity contribution in [3.63, 3.8) is 0 Å². The van der Waals surface area contributed by atoms with Crippen molar-refractivity contribution in [1.82, 2.24) is 5.32 Å². The first-order chi connectivity index (χ1) is 8.72. The number of benzene rings is 1. The van der Waals surface area contributed by atoms with Gasteiger partial charge in [0.2, 0.25) is 5.91 Å². The van der Waals surface area contributed by atoms with E-state index in [4.69, 9.17) is 10.5 Å². The first kappa shape index (κ1) is 14.5. The Labute approximate surface area is 109 Å². The quantitative estimate of drug-likeness (QED) is 0.774. The van der Waals surface area contributed by atoms with Crippen molar-refractivity contribution in [3.8, 4) is 5.75 Å². The van der Waals surface area contributed by atoms with E-state index in [1.165, 1.54) is 0 Å². The van der Waals surface area contributed by atoms with E-state index in [0.29, 0.717) is 13.1 Å². The van der Waals surface area contributed by atoms with Crippen LogP contribution in [0.3, 0.4) is 0 Å². The summed E-state index contributed by atoms with van der Waals surface area (Å²) >= 11 is 0. The van der Waals surface area contributed by atoms with E-state index in [0.717, 1.165) is 24.2 Å². The number of methoxy groups -OCH3 is 1. The van der Waals surface area contributed by atoms with Gasteiger partial charge in [0.15, 0.2) is 0 Å². The Kier molecular flexibility index (Phi) is 6.22. The maximum Gasteiger partial charge on any atom is 0.224 e. The van der Waals surface area contributed by atoms with Gasteiger partial charge in [-0.3, -0.25) is 4.79 Å². The summed E-state index contributed by atoms with van der Waals surface area (Å²) in [5.41, 5.74) is 6.57. The summed E-state index contributed by atoms with van der Waals surface area (Å²) in [5.74, 6) is 0.715. The number of rotatable bonds is 7. The molecule has 1 rings (SSSR count). The van der Waals surface area contributed by atoms with Crippen molar-refractivity contribution in [3.05, 3.63) is 29.8 Å². The number of nitrogens with one attached hydrogen (secondary N) is 1. The Morgan fingerprint density at radius 3 is 2.78 bits per heavy atom. The standard InChI is InChI=1S/C14H22N2O2/c1-3-6-11(9-15)14(17)16-10-12-7-4-5-8-13(12)18-2/h4-5,7-8,11H,3,6,9-10,15H2,1-2H3,(H,16,17). The van der Waals surface area contributed by atoms with E-state index in [-0.39, 0.29) is 11.8 Å². The second kappa shape index (κ2) is 7.71. The fourth-order valence-corrected chi connectivity index (χ4v) is 1.88. The minimum absolute atomic E-state index is 0.0188. The molecule has 0 bridgehead atoms. The molecule has 1 unspecified atom stereocenters. The highest BCUT2D eigenvalue weighted by molar-refractivity contribution is 5.78.